The molecule has 72 heavy (non-hydrogen) atoms. The Labute approximate surface area is 417 Å². The van der Waals surface area contributed by atoms with E-state index >= 15 is 0 Å². The number of nitrogens with one attached hydrogen (secondary N) is 2. The Balaban J connectivity index is 0.000000265. The van der Waals surface area contributed by atoms with Crippen LogP contribution < -0.4 is 27.7 Å². The van der Waals surface area contributed by atoms with E-state index in [1.807, 2.05) is 71.9 Å². The fourth-order valence-electron chi connectivity index (χ4n) is 7.53. The first-order chi connectivity index (χ1) is 34.0. The summed E-state index contributed by atoms with van der Waals surface area (Å²) in [7, 11) is -1.65. The number of aromatic nitrogens is 6. The maximum absolute atomic E-state index is 12.8. The van der Waals surface area contributed by atoms with Gasteiger partial charge in [-0.15, -0.1) is 10.2 Å². The summed E-state index contributed by atoms with van der Waals surface area (Å²) in [5, 5.41) is 60.9. The molecular weight excluding hydrogens is 948 g/mol. The molecule has 0 radical (unpaired) electrons. The van der Waals surface area contributed by atoms with Crippen molar-refractivity contribution in [2.75, 3.05) is 13.2 Å². The SMILES string of the molecule is CC[C@H](C)C(NB(C)O)C(=O)O.CC[C@H](C)C(NB(C)O)C(=O)OC[C@H]1O[C@@H](n2cnc(C(N)=O)n2)C2OC(c3ccccc3)OC21.CC[C@H](C)[C@H]([NH3+])C(=O)OC[C@H]1O[C@@H](n2cnc(C(N)=O)n2)[C@H](O)[C@@H]1O. The molecule has 2 amide bonds. The second-order valence-electron chi connectivity index (χ2n) is 17.9. The number of amides is 2. The average molecular weight is 1020 g/mol. The van der Waals surface area contributed by atoms with Crippen molar-refractivity contribution in [3.05, 3.63) is 60.2 Å². The summed E-state index contributed by atoms with van der Waals surface area (Å²) in [5.41, 5.74) is 14.9. The van der Waals surface area contributed by atoms with Gasteiger partial charge in [0.2, 0.25) is 11.6 Å². The smallest absolute Gasteiger partial charge is 0.374 e. The Hall–Kier alpha value is -5.46. The van der Waals surface area contributed by atoms with E-state index in [-0.39, 0.29) is 42.6 Å². The van der Waals surface area contributed by atoms with Gasteiger partial charge in [-0.2, -0.15) is 0 Å². The van der Waals surface area contributed by atoms with Crippen LogP contribution in [0.5, 0.6) is 0 Å². The molecule has 0 spiro atoms. The molecule has 5 unspecified atom stereocenters. The zero-order valence-corrected chi connectivity index (χ0v) is 41.7. The number of ether oxygens (including phenoxy) is 6. The van der Waals surface area contributed by atoms with Crippen molar-refractivity contribution in [2.45, 2.75) is 148 Å². The number of esters is 2. The predicted molar refractivity (Wildman–Crippen MR) is 252 cm³/mol. The highest BCUT2D eigenvalue weighted by atomic mass is 16.8. The highest BCUT2D eigenvalue weighted by Crippen LogP contribution is 2.44. The van der Waals surface area contributed by atoms with E-state index in [1.165, 1.54) is 17.8 Å². The van der Waals surface area contributed by atoms with Gasteiger partial charge in [0.1, 0.15) is 74.6 Å². The molecule has 0 aliphatic carbocycles. The number of carboxylic acids is 1. The Morgan fingerprint density at radius 2 is 1.18 bits per heavy atom. The van der Waals surface area contributed by atoms with Crippen molar-refractivity contribution in [1.82, 2.24) is 40.0 Å². The molecule has 29 heteroatoms. The summed E-state index contributed by atoms with van der Waals surface area (Å²) in [4.78, 5) is 65.5. The molecule has 3 fully saturated rings. The van der Waals surface area contributed by atoms with Crippen LogP contribution in [0.3, 0.4) is 0 Å². The Morgan fingerprint density at radius 1 is 0.708 bits per heavy atom. The van der Waals surface area contributed by atoms with Crippen LogP contribution in [0, 0.1) is 17.8 Å². The van der Waals surface area contributed by atoms with Crippen LogP contribution in [0.2, 0.25) is 13.6 Å². The van der Waals surface area contributed by atoms with Crippen molar-refractivity contribution >= 4 is 43.8 Å². The maximum atomic E-state index is 12.8. The van der Waals surface area contributed by atoms with Crippen LogP contribution in [-0.4, -0.2) is 167 Å². The van der Waals surface area contributed by atoms with E-state index < -0.39 is 117 Å². The monoisotopic (exact) mass is 1020 g/mol. The first-order valence-corrected chi connectivity index (χ1v) is 23.7. The molecule has 2 aromatic heterocycles. The molecule has 14 N–H and O–H groups in total. The normalized spacial score (nSPS) is 25.7. The minimum absolute atomic E-state index is 0.0251. The van der Waals surface area contributed by atoms with Gasteiger partial charge in [0.05, 0.1) is 0 Å². The third kappa shape index (κ3) is 15.8. The van der Waals surface area contributed by atoms with E-state index in [0.29, 0.717) is 0 Å². The van der Waals surface area contributed by atoms with Crippen molar-refractivity contribution in [3.63, 3.8) is 0 Å². The molecule has 27 nitrogen and oxygen atoms in total. The quantitative estimate of drug-likeness (QED) is 0.0377. The molecule has 3 aromatic rings. The lowest BCUT2D eigenvalue weighted by Gasteiger charge is -2.25. The van der Waals surface area contributed by atoms with E-state index in [1.54, 1.807) is 6.82 Å². The Kier molecular flexibility index (Phi) is 22.6. The summed E-state index contributed by atoms with van der Waals surface area (Å²) in [6.45, 7) is 14.2. The van der Waals surface area contributed by atoms with Gasteiger partial charge in [-0.25, -0.2) is 24.1 Å². The van der Waals surface area contributed by atoms with Gasteiger partial charge < -0.3 is 81.4 Å². The number of nitrogens with two attached hydrogens (primary N) is 2. The van der Waals surface area contributed by atoms with Crippen LogP contribution in [0.4, 0.5) is 0 Å². The lowest BCUT2D eigenvalue weighted by molar-refractivity contribution is -0.420. The van der Waals surface area contributed by atoms with Gasteiger partial charge in [-0.05, 0) is 31.9 Å². The second kappa shape index (κ2) is 27.6. The van der Waals surface area contributed by atoms with Gasteiger partial charge in [0.15, 0.2) is 24.8 Å². The number of aliphatic carboxylic acids is 1. The molecule has 0 saturated carbocycles. The molecule has 15 atom stereocenters. The number of benzene rings is 1. The van der Waals surface area contributed by atoms with E-state index in [2.05, 4.69) is 36.4 Å². The van der Waals surface area contributed by atoms with Gasteiger partial charge in [-0.1, -0.05) is 84.7 Å². The number of carbonyl (C=O) groups excluding carboxylic acids is 4. The molecule has 398 valence electrons. The Morgan fingerprint density at radius 3 is 1.68 bits per heavy atom. The minimum Gasteiger partial charge on any atom is -0.480 e. The largest absolute Gasteiger partial charge is 0.480 e. The second-order valence-corrected chi connectivity index (χ2v) is 17.9. The third-order valence-corrected chi connectivity index (χ3v) is 12.4. The summed E-state index contributed by atoms with van der Waals surface area (Å²) in [5.74, 6) is -3.88. The molecule has 1 aromatic carbocycles. The molecule has 5 heterocycles. The standard InChI is InChI=1S/C22H30BN5O7.C14H23N5O6.C7H16BNO3/c1-4-12(2)15(26-23(3)31)21(30)32-10-14-16-17(35-22(34-16)13-8-6-5-7-9-13)20(33-14)28-11-25-19(27-28)18(24)29;1-3-6(2)8(15)14(23)24-4-7-9(20)10(21)13(25-7)19-5-17-12(18-19)11(16)22;1-4-5(2)6(7(10)11)9-8(3)12/h5-9,11-12,14-17,20,22,26,31H,4,10H2,1-3H3,(H2,24,29);5-10,13,20-21H,3-4,15H2,1-2H3,(H2,16,22);5-6,9,12H,4H2,1-3H3,(H,10,11)/p+1/t12-,14+,15?,16?,17?,20+,22?;6-,7+,8-,9+,10+,13+;5-,6?/m000/s1. The highest BCUT2D eigenvalue weighted by Gasteiger charge is 2.55. The summed E-state index contributed by atoms with van der Waals surface area (Å²) in [6, 6.07) is 7.55. The summed E-state index contributed by atoms with van der Waals surface area (Å²) < 4.78 is 37.1. The number of carbonyl (C=O) groups is 5. The van der Waals surface area contributed by atoms with Crippen molar-refractivity contribution in [3.8, 4) is 0 Å². The minimum atomic E-state index is -1.34. The molecule has 3 saturated heterocycles. The van der Waals surface area contributed by atoms with Gasteiger partial charge in [0, 0.05) is 11.5 Å². The zero-order chi connectivity index (χ0) is 53.6. The lowest BCUT2D eigenvalue weighted by atomic mass is 9.84. The first kappa shape index (κ1) is 59.1. The number of rotatable bonds is 22. The third-order valence-electron chi connectivity index (χ3n) is 12.4. The molecule has 6 rings (SSSR count). The number of aliphatic hydroxyl groups excluding tert-OH is 2. The predicted octanol–water partition coefficient (Wildman–Crippen LogP) is -2.20. The fourth-order valence-corrected chi connectivity index (χ4v) is 7.53. The first-order valence-electron chi connectivity index (χ1n) is 23.7. The fraction of sp³-hybridized carbons (Fsp3) is 0.651. The number of quaternary nitrogens is 1. The van der Waals surface area contributed by atoms with Crippen LogP contribution in [0.25, 0.3) is 0 Å². The molecule has 3 aliphatic rings. The van der Waals surface area contributed by atoms with Gasteiger partial charge >= 0.3 is 32.0 Å². The number of primary amides is 2. The van der Waals surface area contributed by atoms with E-state index in [9.17, 15) is 39.2 Å². The molecular formula is C43H70B2N11O16+. The van der Waals surface area contributed by atoms with E-state index in [0.717, 1.165) is 35.8 Å². The molecule has 3 aliphatic heterocycles. The summed E-state index contributed by atoms with van der Waals surface area (Å²) in [6.07, 6.45) is -3.19. The topological polar surface area (TPSA) is 407 Å². The van der Waals surface area contributed by atoms with E-state index in [4.69, 9.17) is 50.0 Å². The average Bonchev–Trinajstić information content (AvgIpc) is 4.21. The van der Waals surface area contributed by atoms with Crippen LogP contribution in [0.15, 0.2) is 43.0 Å². The number of fused-ring (bicyclic) bond motifs is 1. The van der Waals surface area contributed by atoms with Crippen LogP contribution in [-0.2, 0) is 42.8 Å². The number of aliphatic hydroxyl groups is 2. The molecule has 0 bridgehead atoms. The Bertz CT molecular complexity index is 2210. The van der Waals surface area contributed by atoms with Gasteiger partial charge in [0.25, 0.3) is 11.8 Å². The number of nitrogens with zero attached hydrogens (tertiary/aromatic N) is 6. The van der Waals surface area contributed by atoms with Crippen molar-refractivity contribution in [1.29, 1.82) is 0 Å². The number of carboxylic acid groups (broad SMARTS) is 1. The van der Waals surface area contributed by atoms with Crippen LogP contribution in [0.1, 0.15) is 106 Å². The zero-order valence-electron chi connectivity index (χ0n) is 41.7. The number of hydrogen-bond acceptors (Lipinski definition) is 21. The van der Waals surface area contributed by atoms with Crippen molar-refractivity contribution < 1.29 is 83.5 Å². The lowest BCUT2D eigenvalue weighted by Crippen LogP contribution is -2.68. The van der Waals surface area contributed by atoms with Gasteiger partial charge in [-0.3, -0.25) is 19.2 Å². The van der Waals surface area contributed by atoms with Crippen molar-refractivity contribution in [2.24, 2.45) is 29.2 Å². The summed E-state index contributed by atoms with van der Waals surface area (Å²) >= 11 is 0. The highest BCUT2D eigenvalue weighted by molar-refractivity contribution is 6.46. The van der Waals surface area contributed by atoms with Crippen LogP contribution >= 0.6 is 0 Å². The number of hydrogen-bond donors (Lipinski definition) is 10. The maximum Gasteiger partial charge on any atom is 0.374 e.